The van der Waals surface area contributed by atoms with Crippen LogP contribution in [0.1, 0.15) is 0 Å². The van der Waals surface area contributed by atoms with Crippen molar-refractivity contribution in [2.75, 3.05) is 0 Å². The van der Waals surface area contributed by atoms with Crippen LogP contribution in [0.15, 0.2) is 48.5 Å². The number of para-hydroxylation sites is 4. The molecule has 112 valence electrons. The molecule has 10 heteroatoms. The minimum atomic E-state index is -0.0764. The summed E-state index contributed by atoms with van der Waals surface area (Å²) in [6.45, 7) is 0. The maximum Gasteiger partial charge on any atom is 1.00 e. The van der Waals surface area contributed by atoms with Crippen LogP contribution in [0.5, 0.6) is 23.0 Å². The fraction of sp³-hybridized carbons (Fsp3) is 0. The Morgan fingerprint density at radius 2 is 0.636 bits per heavy atom. The first-order chi connectivity index (χ1) is 9.61. The minimum absolute atomic E-state index is 0. The van der Waals surface area contributed by atoms with Crippen molar-refractivity contribution in [2.24, 2.45) is 11.8 Å². The summed E-state index contributed by atoms with van der Waals surface area (Å²) < 4.78 is 0. The Labute approximate surface area is 172 Å². The number of phenolic OH excluding ortho intramolecular Hbond substituents is 4. The van der Waals surface area contributed by atoms with Crippen molar-refractivity contribution >= 4 is 0 Å². The van der Waals surface area contributed by atoms with E-state index in [4.69, 9.17) is 30.8 Å². The van der Waals surface area contributed by atoms with E-state index in [1.807, 2.05) is 0 Å². The molecule has 0 atom stereocenters. The van der Waals surface area contributed by atoms with Gasteiger partial charge in [0.2, 0.25) is 0 Å². The molecule has 0 bridgehead atoms. The molecular weight excluding hydrogens is 314 g/mol. The van der Waals surface area contributed by atoms with Gasteiger partial charge in [-0.2, -0.15) is 0 Å². The first kappa shape index (κ1) is 29.5. The summed E-state index contributed by atoms with van der Waals surface area (Å²) in [5, 5.41) is 50.2. The zero-order valence-electron chi connectivity index (χ0n) is 12.4. The van der Waals surface area contributed by atoms with Crippen LogP contribution in [0.2, 0.25) is 0 Å². The molecule has 0 radical (unpaired) electrons. The fourth-order valence-corrected chi connectivity index (χ4v) is 0.928. The molecule has 0 fully saturated rings. The molecule has 8 nitrogen and oxygen atoms in total. The van der Waals surface area contributed by atoms with Crippen LogP contribution in [0.25, 0.3) is 0 Å². The molecule has 8 N–H and O–H groups in total. The molecule has 2 rings (SSSR count). The summed E-state index contributed by atoms with van der Waals surface area (Å²) in [5.41, 5.74) is 0. The van der Waals surface area contributed by atoms with E-state index in [0.29, 0.717) is 0 Å². The maximum atomic E-state index is 8.67. The van der Waals surface area contributed by atoms with Gasteiger partial charge in [-0.3, -0.25) is 0 Å². The summed E-state index contributed by atoms with van der Waals surface area (Å²) in [5.74, 6) is 6.19. The number of hydrogen-bond acceptors (Lipinski definition) is 8. The molecule has 0 aliphatic carbocycles. The quantitative estimate of drug-likeness (QED) is 0.158. The van der Waals surface area contributed by atoms with E-state index in [9.17, 15) is 0 Å². The van der Waals surface area contributed by atoms with Gasteiger partial charge in [0, 0.05) is 0 Å². The summed E-state index contributed by atoms with van der Waals surface area (Å²) >= 11 is 0. The minimum Gasteiger partial charge on any atom is -0.790 e. The van der Waals surface area contributed by atoms with Crippen molar-refractivity contribution in [1.29, 1.82) is 0 Å². The van der Waals surface area contributed by atoms with E-state index in [1.165, 1.54) is 24.3 Å². The third-order valence-electron chi connectivity index (χ3n) is 1.76. The predicted octanol–water partition coefficient (Wildman–Crippen LogP) is -4.91. The molecule has 0 spiro atoms. The van der Waals surface area contributed by atoms with Crippen molar-refractivity contribution in [2.45, 2.75) is 0 Å². The molecule has 0 aromatic heterocycles. The van der Waals surface area contributed by atoms with Gasteiger partial charge in [0.05, 0.1) is 0 Å². The van der Waals surface area contributed by atoms with Gasteiger partial charge < -0.3 is 42.6 Å². The van der Waals surface area contributed by atoms with Gasteiger partial charge in [0.1, 0.15) is 0 Å². The SMILES string of the molecule is N[O-].N[O-].Oc1ccccc1O.Oc1ccccc1O.[Na+].[Na+]. The Hall–Kier alpha value is -0.520. The monoisotopic (exact) mass is 330 g/mol. The van der Waals surface area contributed by atoms with Gasteiger partial charge in [-0.25, -0.2) is 0 Å². The Morgan fingerprint density at radius 3 is 0.727 bits per heavy atom. The molecule has 0 saturated carbocycles. The molecule has 2 aromatic rings. The van der Waals surface area contributed by atoms with Crippen LogP contribution in [-0.4, -0.2) is 20.4 Å². The molecular formula is C12H16N2Na2O6. The van der Waals surface area contributed by atoms with E-state index in [0.717, 1.165) is 0 Å². The number of nitrogens with two attached hydrogens (primary N) is 2. The molecule has 0 aliphatic rings. The molecule has 0 aliphatic heterocycles. The number of aromatic hydroxyl groups is 4. The van der Waals surface area contributed by atoms with Gasteiger partial charge in [-0.1, -0.05) is 24.3 Å². The zero-order valence-corrected chi connectivity index (χ0v) is 16.4. The summed E-state index contributed by atoms with van der Waals surface area (Å²) in [7, 11) is 0. The van der Waals surface area contributed by atoms with Gasteiger partial charge >= 0.3 is 59.1 Å². The number of hydrogen-bond donors (Lipinski definition) is 6. The Balaban J connectivity index is -0.000000112. The van der Waals surface area contributed by atoms with Gasteiger partial charge in [-0.05, 0) is 24.3 Å². The Morgan fingerprint density at radius 1 is 0.500 bits per heavy atom. The normalized spacial score (nSPS) is 7.09. The van der Waals surface area contributed by atoms with E-state index in [2.05, 4.69) is 11.8 Å². The summed E-state index contributed by atoms with van der Waals surface area (Å²) in [6, 6.07) is 12.3. The fourth-order valence-electron chi connectivity index (χ4n) is 0.928. The Kier molecular flexibility index (Phi) is 27.4. The average molecular weight is 330 g/mol. The molecule has 0 heterocycles. The standard InChI is InChI=1S/2C6H6O2.2H2NO.2Na/c2*7-5-3-1-2-4-6(5)8;2*1-2;;/h2*1-4,7-8H;2*1H2;;/q;;2*-1;2*+1. The second-order valence-corrected chi connectivity index (χ2v) is 2.98. The number of phenols is 4. The van der Waals surface area contributed by atoms with Crippen molar-refractivity contribution in [3.63, 3.8) is 0 Å². The van der Waals surface area contributed by atoms with Crippen LogP contribution in [0.4, 0.5) is 0 Å². The predicted molar refractivity (Wildman–Crippen MR) is 74.7 cm³/mol. The van der Waals surface area contributed by atoms with Crippen LogP contribution < -0.4 is 70.9 Å². The first-order valence-corrected chi connectivity index (χ1v) is 5.02. The van der Waals surface area contributed by atoms with Crippen molar-refractivity contribution in [1.82, 2.24) is 0 Å². The number of benzene rings is 2. The van der Waals surface area contributed by atoms with E-state index < -0.39 is 0 Å². The largest absolute Gasteiger partial charge is 1.00 e. The molecule has 2 aromatic carbocycles. The maximum absolute atomic E-state index is 8.67. The second-order valence-electron chi connectivity index (χ2n) is 2.98. The van der Waals surface area contributed by atoms with E-state index in [1.54, 1.807) is 24.3 Å². The van der Waals surface area contributed by atoms with Gasteiger partial charge in [-0.15, -0.1) is 0 Å². The van der Waals surface area contributed by atoms with Gasteiger partial charge in [0.25, 0.3) is 0 Å². The second kappa shape index (κ2) is 20.5. The molecule has 0 saturated heterocycles. The molecule has 0 amide bonds. The zero-order chi connectivity index (χ0) is 16.0. The first-order valence-electron chi connectivity index (χ1n) is 5.02. The van der Waals surface area contributed by atoms with Gasteiger partial charge in [0.15, 0.2) is 23.0 Å². The van der Waals surface area contributed by atoms with Crippen LogP contribution in [-0.2, 0) is 0 Å². The third-order valence-corrected chi connectivity index (χ3v) is 1.76. The Bertz CT molecular complexity index is 391. The smallest absolute Gasteiger partial charge is 0.790 e. The number of rotatable bonds is 0. The van der Waals surface area contributed by atoms with Crippen molar-refractivity contribution in [3.05, 3.63) is 58.9 Å². The van der Waals surface area contributed by atoms with E-state index >= 15 is 0 Å². The van der Waals surface area contributed by atoms with Crippen LogP contribution in [0.3, 0.4) is 0 Å². The van der Waals surface area contributed by atoms with Crippen molar-refractivity contribution < 1.29 is 79.5 Å². The topological polar surface area (TPSA) is 179 Å². The molecule has 22 heavy (non-hydrogen) atoms. The molecule has 0 unspecified atom stereocenters. The van der Waals surface area contributed by atoms with Crippen LogP contribution in [0, 0.1) is 10.4 Å². The van der Waals surface area contributed by atoms with E-state index in [-0.39, 0.29) is 82.1 Å². The van der Waals surface area contributed by atoms with Crippen LogP contribution >= 0.6 is 0 Å². The average Bonchev–Trinajstić information content (AvgIpc) is 2.50. The van der Waals surface area contributed by atoms with Crippen molar-refractivity contribution in [3.8, 4) is 23.0 Å². The third kappa shape index (κ3) is 14.4. The summed E-state index contributed by atoms with van der Waals surface area (Å²) in [6.07, 6.45) is 0. The summed E-state index contributed by atoms with van der Waals surface area (Å²) in [4.78, 5) is 0.